The third-order valence-electron chi connectivity index (χ3n) is 5.62. The second-order valence-electron chi connectivity index (χ2n) is 8.83. The number of hydrogen-bond acceptors (Lipinski definition) is 9. The van der Waals surface area contributed by atoms with Crippen LogP contribution in [-0.2, 0) is 14.3 Å². The molecule has 0 radical (unpaired) electrons. The van der Waals surface area contributed by atoms with Gasteiger partial charge in [-0.25, -0.2) is 15.0 Å². The van der Waals surface area contributed by atoms with Crippen LogP contribution in [0, 0.1) is 0 Å². The molecule has 0 unspecified atom stereocenters. The molecule has 12 heteroatoms. The van der Waals surface area contributed by atoms with E-state index in [-0.39, 0.29) is 30.6 Å². The van der Waals surface area contributed by atoms with Crippen molar-refractivity contribution in [3.63, 3.8) is 0 Å². The van der Waals surface area contributed by atoms with Crippen LogP contribution in [0.25, 0.3) is 0 Å². The molecule has 0 aromatic heterocycles. The summed E-state index contributed by atoms with van der Waals surface area (Å²) >= 11 is 0. The first-order valence-corrected chi connectivity index (χ1v) is 12.6. The summed E-state index contributed by atoms with van der Waals surface area (Å²) in [5.41, 5.74) is 4.27. The monoisotopic (exact) mass is 554 g/mol. The van der Waals surface area contributed by atoms with Gasteiger partial charge >= 0.3 is 12.0 Å². The predicted molar refractivity (Wildman–Crippen MR) is 147 cm³/mol. The molecule has 0 fully saturated rings. The van der Waals surface area contributed by atoms with E-state index in [4.69, 9.17) is 23.7 Å². The molecule has 0 spiro atoms. The van der Waals surface area contributed by atoms with Gasteiger partial charge in [0.15, 0.2) is 29.6 Å². The zero-order valence-corrected chi connectivity index (χ0v) is 23.3. The number of hydrazone groups is 1. The highest BCUT2D eigenvalue weighted by molar-refractivity contribution is 5.95. The standard InChI is InChI=1S/C28H34N4O8/c1-7-38-27(34)24-17(4)30-28(35)31-25(24)18-11-12-20(22(13-18)37-6)39-15-23(33)32-29-14-19-9-8-10-21(36-5)26(19)40-16(2)3/h8-14,16,25H,7,15H2,1-6H3,(H,32,33)(H2,30,31,35)/b29-14+/t25-/m0/s1. The van der Waals surface area contributed by atoms with E-state index in [9.17, 15) is 14.4 Å². The van der Waals surface area contributed by atoms with Crippen molar-refractivity contribution in [3.05, 3.63) is 58.8 Å². The lowest BCUT2D eigenvalue weighted by atomic mass is 9.95. The molecule has 3 rings (SSSR count). The number of methoxy groups -OCH3 is 2. The normalized spacial score (nSPS) is 14.9. The van der Waals surface area contributed by atoms with E-state index in [0.29, 0.717) is 34.1 Å². The van der Waals surface area contributed by atoms with Crippen LogP contribution in [0.1, 0.15) is 44.9 Å². The second-order valence-corrected chi connectivity index (χ2v) is 8.83. The lowest BCUT2D eigenvalue weighted by molar-refractivity contribution is -0.139. The number of benzene rings is 2. The summed E-state index contributed by atoms with van der Waals surface area (Å²) in [6.45, 7) is 6.95. The summed E-state index contributed by atoms with van der Waals surface area (Å²) in [4.78, 5) is 37.1. The van der Waals surface area contributed by atoms with Crippen LogP contribution in [0.5, 0.6) is 23.0 Å². The van der Waals surface area contributed by atoms with Gasteiger partial charge in [-0.2, -0.15) is 5.10 Å². The molecular weight excluding hydrogens is 520 g/mol. The van der Waals surface area contributed by atoms with Gasteiger partial charge in [-0.3, -0.25) is 4.79 Å². The van der Waals surface area contributed by atoms with Crippen molar-refractivity contribution in [2.75, 3.05) is 27.4 Å². The molecule has 3 amide bonds. The van der Waals surface area contributed by atoms with Crippen molar-refractivity contribution >= 4 is 24.1 Å². The van der Waals surface area contributed by atoms with Crippen LogP contribution in [0.4, 0.5) is 4.79 Å². The third kappa shape index (κ3) is 7.43. The maximum absolute atomic E-state index is 12.6. The number of para-hydroxylation sites is 1. The zero-order chi connectivity index (χ0) is 29.2. The number of ether oxygens (including phenoxy) is 5. The number of esters is 1. The van der Waals surface area contributed by atoms with Crippen LogP contribution in [0.3, 0.4) is 0 Å². The van der Waals surface area contributed by atoms with E-state index in [2.05, 4.69) is 21.2 Å². The molecule has 0 aliphatic carbocycles. The molecule has 0 saturated heterocycles. The Morgan fingerprint density at radius 1 is 1.10 bits per heavy atom. The maximum Gasteiger partial charge on any atom is 0.338 e. The lowest BCUT2D eigenvalue weighted by Gasteiger charge is -2.28. The van der Waals surface area contributed by atoms with E-state index in [0.717, 1.165) is 0 Å². The first kappa shape index (κ1) is 29.8. The van der Waals surface area contributed by atoms with Gasteiger partial charge in [-0.15, -0.1) is 0 Å². The number of urea groups is 1. The number of hydrogen-bond donors (Lipinski definition) is 3. The highest BCUT2D eigenvalue weighted by Gasteiger charge is 2.32. The number of nitrogens with zero attached hydrogens (tertiary/aromatic N) is 1. The predicted octanol–water partition coefficient (Wildman–Crippen LogP) is 3.21. The molecule has 3 N–H and O–H groups in total. The number of carbonyl (C=O) groups excluding carboxylic acids is 3. The van der Waals surface area contributed by atoms with E-state index in [1.807, 2.05) is 13.8 Å². The van der Waals surface area contributed by atoms with Crippen LogP contribution in [0.15, 0.2) is 52.8 Å². The summed E-state index contributed by atoms with van der Waals surface area (Å²) in [5, 5.41) is 9.32. The van der Waals surface area contributed by atoms with E-state index < -0.39 is 23.9 Å². The van der Waals surface area contributed by atoms with E-state index in [1.54, 1.807) is 57.4 Å². The number of nitrogens with one attached hydrogen (secondary N) is 3. The maximum atomic E-state index is 12.6. The Labute approximate surface area is 232 Å². The molecular formula is C28H34N4O8. The molecule has 1 atom stereocenters. The molecule has 1 heterocycles. The second kappa shape index (κ2) is 13.9. The topological polar surface area (TPSA) is 146 Å². The van der Waals surface area contributed by atoms with Crippen LogP contribution in [0.2, 0.25) is 0 Å². The number of rotatable bonds is 12. The van der Waals surface area contributed by atoms with Crippen molar-refractivity contribution in [2.24, 2.45) is 5.10 Å². The summed E-state index contributed by atoms with van der Waals surface area (Å²) in [7, 11) is 2.98. The summed E-state index contributed by atoms with van der Waals surface area (Å²) in [6, 6.07) is 8.99. The minimum Gasteiger partial charge on any atom is -0.493 e. The fourth-order valence-electron chi connectivity index (χ4n) is 3.91. The van der Waals surface area contributed by atoms with Gasteiger partial charge in [0.1, 0.15) is 0 Å². The van der Waals surface area contributed by atoms with Crippen molar-refractivity contribution in [2.45, 2.75) is 39.8 Å². The molecule has 0 bridgehead atoms. The molecule has 0 saturated carbocycles. The summed E-state index contributed by atoms with van der Waals surface area (Å²) < 4.78 is 27.4. The van der Waals surface area contributed by atoms with Crippen molar-refractivity contribution in [1.82, 2.24) is 16.1 Å². The Balaban J connectivity index is 1.69. The van der Waals surface area contributed by atoms with Crippen LogP contribution < -0.4 is 35.0 Å². The average molecular weight is 555 g/mol. The van der Waals surface area contributed by atoms with Gasteiger partial charge in [-0.1, -0.05) is 12.1 Å². The van der Waals surface area contributed by atoms with Crippen molar-refractivity contribution in [3.8, 4) is 23.0 Å². The third-order valence-corrected chi connectivity index (χ3v) is 5.62. The Hall–Kier alpha value is -4.74. The van der Waals surface area contributed by atoms with Crippen molar-refractivity contribution in [1.29, 1.82) is 0 Å². The smallest absolute Gasteiger partial charge is 0.338 e. The van der Waals surface area contributed by atoms with Gasteiger partial charge in [0.25, 0.3) is 5.91 Å². The number of amides is 3. The van der Waals surface area contributed by atoms with Crippen LogP contribution >= 0.6 is 0 Å². The Bertz CT molecular complexity index is 1310. The molecule has 1 aliphatic rings. The van der Waals surface area contributed by atoms with Gasteiger partial charge in [-0.05, 0) is 57.5 Å². The first-order chi connectivity index (χ1) is 19.2. The fraction of sp³-hybridized carbons (Fsp3) is 0.357. The molecule has 1 aliphatic heterocycles. The Morgan fingerprint density at radius 3 is 2.52 bits per heavy atom. The molecule has 214 valence electrons. The first-order valence-electron chi connectivity index (χ1n) is 12.6. The lowest BCUT2D eigenvalue weighted by Crippen LogP contribution is -2.45. The highest BCUT2D eigenvalue weighted by atomic mass is 16.5. The van der Waals surface area contributed by atoms with Gasteiger partial charge in [0, 0.05) is 11.3 Å². The molecule has 2 aromatic rings. The number of carbonyl (C=O) groups is 3. The largest absolute Gasteiger partial charge is 0.493 e. The summed E-state index contributed by atoms with van der Waals surface area (Å²) in [5.74, 6) is 0.585. The minimum absolute atomic E-state index is 0.0874. The fourth-order valence-corrected chi connectivity index (χ4v) is 3.91. The van der Waals surface area contributed by atoms with Gasteiger partial charge in [0.2, 0.25) is 0 Å². The van der Waals surface area contributed by atoms with E-state index >= 15 is 0 Å². The number of allylic oxidation sites excluding steroid dienone is 1. The molecule has 2 aromatic carbocycles. The average Bonchev–Trinajstić information content (AvgIpc) is 2.91. The minimum atomic E-state index is -0.769. The van der Waals surface area contributed by atoms with Gasteiger partial charge < -0.3 is 34.3 Å². The quantitative estimate of drug-likeness (QED) is 0.206. The van der Waals surface area contributed by atoms with Crippen molar-refractivity contribution < 1.29 is 38.1 Å². The Kier molecular flexibility index (Phi) is 10.3. The highest BCUT2D eigenvalue weighted by Crippen LogP contribution is 2.35. The summed E-state index contributed by atoms with van der Waals surface area (Å²) in [6.07, 6.45) is 1.37. The zero-order valence-electron chi connectivity index (χ0n) is 23.3. The van der Waals surface area contributed by atoms with E-state index in [1.165, 1.54) is 13.3 Å². The van der Waals surface area contributed by atoms with Gasteiger partial charge in [0.05, 0.1) is 44.8 Å². The molecule has 40 heavy (non-hydrogen) atoms. The Morgan fingerprint density at radius 2 is 1.85 bits per heavy atom. The SMILES string of the molecule is CCOC(=O)C1=C(C)NC(=O)N[C@H]1c1ccc(OCC(=O)N/N=C/c2cccc(OC)c2OC(C)C)c(OC)c1. The van der Waals surface area contributed by atoms with Crippen LogP contribution in [-0.4, -0.2) is 57.7 Å². The molecule has 12 nitrogen and oxygen atoms in total.